The van der Waals surface area contributed by atoms with Crippen LogP contribution in [0.3, 0.4) is 0 Å². The Hall–Kier alpha value is -1.67. The van der Waals surface area contributed by atoms with Gasteiger partial charge in [-0.05, 0) is 47.7 Å². The lowest BCUT2D eigenvalue weighted by atomic mass is 9.95. The van der Waals surface area contributed by atoms with E-state index < -0.39 is 0 Å². The molecule has 2 N–H and O–H groups in total. The highest BCUT2D eigenvalue weighted by atomic mass is 19.1. The maximum atomic E-state index is 13.1. The van der Waals surface area contributed by atoms with Gasteiger partial charge in [-0.3, -0.25) is 0 Å². The molecule has 1 atom stereocenters. The minimum absolute atomic E-state index is 0.198. The fourth-order valence-electron chi connectivity index (χ4n) is 2.13. The van der Waals surface area contributed by atoms with Crippen molar-refractivity contribution in [2.45, 2.75) is 26.3 Å². The van der Waals surface area contributed by atoms with Gasteiger partial charge >= 0.3 is 0 Å². The normalized spacial score (nSPS) is 12.4. The van der Waals surface area contributed by atoms with Crippen molar-refractivity contribution in [2.24, 2.45) is 5.73 Å². The van der Waals surface area contributed by atoms with E-state index in [1.807, 2.05) is 19.1 Å². The van der Waals surface area contributed by atoms with E-state index in [2.05, 4.69) is 19.1 Å². The molecule has 0 bridgehead atoms. The van der Waals surface area contributed by atoms with E-state index >= 15 is 0 Å². The first-order valence-electron chi connectivity index (χ1n) is 6.22. The second kappa shape index (κ2) is 5.32. The largest absolute Gasteiger partial charge is 0.320 e. The SMILES string of the molecule is CCc1ccc(C(N)c2ccc(F)cc2C)cc1. The highest BCUT2D eigenvalue weighted by molar-refractivity contribution is 5.37. The quantitative estimate of drug-likeness (QED) is 0.873. The number of aryl methyl sites for hydroxylation is 2. The Morgan fingerprint density at radius 3 is 2.33 bits per heavy atom. The average Bonchev–Trinajstić information content (AvgIpc) is 2.38. The average molecular weight is 243 g/mol. The van der Waals surface area contributed by atoms with E-state index in [4.69, 9.17) is 5.73 Å². The van der Waals surface area contributed by atoms with Crippen molar-refractivity contribution in [3.8, 4) is 0 Å². The zero-order valence-electron chi connectivity index (χ0n) is 10.8. The molecule has 0 aliphatic rings. The summed E-state index contributed by atoms with van der Waals surface area (Å²) in [7, 11) is 0. The van der Waals surface area contributed by atoms with Crippen LogP contribution in [0.2, 0.25) is 0 Å². The number of benzene rings is 2. The van der Waals surface area contributed by atoms with Gasteiger partial charge in [0.2, 0.25) is 0 Å². The van der Waals surface area contributed by atoms with Crippen molar-refractivity contribution in [3.63, 3.8) is 0 Å². The van der Waals surface area contributed by atoms with Crippen LogP contribution in [0.1, 0.15) is 35.2 Å². The smallest absolute Gasteiger partial charge is 0.123 e. The van der Waals surface area contributed by atoms with Gasteiger partial charge in [-0.1, -0.05) is 37.3 Å². The number of nitrogens with two attached hydrogens (primary N) is 1. The fourth-order valence-corrected chi connectivity index (χ4v) is 2.13. The monoisotopic (exact) mass is 243 g/mol. The predicted molar refractivity (Wildman–Crippen MR) is 73.0 cm³/mol. The molecule has 0 saturated carbocycles. The van der Waals surface area contributed by atoms with Gasteiger partial charge in [-0.2, -0.15) is 0 Å². The van der Waals surface area contributed by atoms with Crippen molar-refractivity contribution in [2.75, 3.05) is 0 Å². The second-order valence-corrected chi connectivity index (χ2v) is 4.57. The summed E-state index contributed by atoms with van der Waals surface area (Å²) in [6.07, 6.45) is 1.02. The lowest BCUT2D eigenvalue weighted by Crippen LogP contribution is -2.13. The first-order chi connectivity index (χ1) is 8.61. The van der Waals surface area contributed by atoms with E-state index in [1.54, 1.807) is 6.07 Å². The van der Waals surface area contributed by atoms with Gasteiger partial charge in [0.15, 0.2) is 0 Å². The van der Waals surface area contributed by atoms with Crippen LogP contribution in [0.25, 0.3) is 0 Å². The van der Waals surface area contributed by atoms with E-state index in [0.717, 1.165) is 23.1 Å². The molecule has 2 aromatic carbocycles. The predicted octanol–water partition coefficient (Wildman–Crippen LogP) is 3.74. The molecule has 2 rings (SSSR count). The summed E-state index contributed by atoms with van der Waals surface area (Å²) in [6.45, 7) is 4.01. The third-order valence-corrected chi connectivity index (χ3v) is 3.31. The van der Waals surface area contributed by atoms with Crippen molar-refractivity contribution >= 4 is 0 Å². The molecule has 0 aromatic heterocycles. The molecule has 94 valence electrons. The van der Waals surface area contributed by atoms with Crippen LogP contribution >= 0.6 is 0 Å². The zero-order valence-corrected chi connectivity index (χ0v) is 10.8. The van der Waals surface area contributed by atoms with Crippen molar-refractivity contribution in [1.82, 2.24) is 0 Å². The topological polar surface area (TPSA) is 26.0 Å². The summed E-state index contributed by atoms with van der Waals surface area (Å²) in [5.74, 6) is -0.218. The molecule has 1 unspecified atom stereocenters. The van der Waals surface area contributed by atoms with Crippen molar-refractivity contribution < 1.29 is 4.39 Å². The van der Waals surface area contributed by atoms with Crippen LogP contribution in [0.15, 0.2) is 42.5 Å². The molecule has 0 saturated heterocycles. The van der Waals surface area contributed by atoms with E-state index in [-0.39, 0.29) is 11.9 Å². The lowest BCUT2D eigenvalue weighted by molar-refractivity contribution is 0.624. The minimum Gasteiger partial charge on any atom is -0.320 e. The Balaban J connectivity index is 2.31. The molecular formula is C16H18FN. The molecule has 18 heavy (non-hydrogen) atoms. The molecule has 0 amide bonds. The Morgan fingerprint density at radius 2 is 1.78 bits per heavy atom. The van der Waals surface area contributed by atoms with Gasteiger partial charge in [-0.25, -0.2) is 4.39 Å². The van der Waals surface area contributed by atoms with Crippen molar-refractivity contribution in [3.05, 3.63) is 70.5 Å². The number of halogens is 1. The molecule has 0 fully saturated rings. The first-order valence-corrected chi connectivity index (χ1v) is 6.22. The third-order valence-electron chi connectivity index (χ3n) is 3.31. The van der Waals surface area contributed by atoms with E-state index in [9.17, 15) is 4.39 Å². The van der Waals surface area contributed by atoms with Crippen LogP contribution in [0.4, 0.5) is 4.39 Å². The summed E-state index contributed by atoms with van der Waals surface area (Å²) in [5.41, 5.74) is 10.5. The zero-order chi connectivity index (χ0) is 13.1. The van der Waals surface area contributed by atoms with Crippen LogP contribution in [0.5, 0.6) is 0 Å². The lowest BCUT2D eigenvalue weighted by Gasteiger charge is -2.15. The van der Waals surface area contributed by atoms with Gasteiger partial charge in [0, 0.05) is 0 Å². The Kier molecular flexibility index (Phi) is 3.78. The maximum absolute atomic E-state index is 13.1. The summed E-state index contributed by atoms with van der Waals surface area (Å²) in [6, 6.07) is 12.8. The third kappa shape index (κ3) is 2.59. The highest BCUT2D eigenvalue weighted by Crippen LogP contribution is 2.23. The summed E-state index contributed by atoms with van der Waals surface area (Å²) in [5, 5.41) is 0. The molecule has 2 aromatic rings. The minimum atomic E-state index is -0.218. The van der Waals surface area contributed by atoms with Crippen LogP contribution in [-0.4, -0.2) is 0 Å². The van der Waals surface area contributed by atoms with Crippen molar-refractivity contribution in [1.29, 1.82) is 0 Å². The fraction of sp³-hybridized carbons (Fsp3) is 0.250. The van der Waals surface area contributed by atoms with Crippen LogP contribution in [0, 0.1) is 12.7 Å². The molecule has 0 aliphatic heterocycles. The molecule has 2 heteroatoms. The Morgan fingerprint density at radius 1 is 1.11 bits per heavy atom. The van der Waals surface area contributed by atoms with Gasteiger partial charge in [0.25, 0.3) is 0 Å². The molecular weight excluding hydrogens is 225 g/mol. The molecule has 0 aliphatic carbocycles. The van der Waals surface area contributed by atoms with Gasteiger partial charge in [0.05, 0.1) is 6.04 Å². The summed E-state index contributed by atoms with van der Waals surface area (Å²) < 4.78 is 13.1. The van der Waals surface area contributed by atoms with Crippen LogP contribution < -0.4 is 5.73 Å². The molecule has 0 heterocycles. The summed E-state index contributed by atoms with van der Waals surface area (Å²) in [4.78, 5) is 0. The molecule has 0 radical (unpaired) electrons. The Bertz CT molecular complexity index is 531. The maximum Gasteiger partial charge on any atom is 0.123 e. The molecule has 0 spiro atoms. The first kappa shape index (κ1) is 12.8. The standard InChI is InChI=1S/C16H18FN/c1-3-12-4-6-13(7-5-12)16(18)15-9-8-14(17)10-11(15)2/h4-10,16H,3,18H2,1-2H3. The summed E-state index contributed by atoms with van der Waals surface area (Å²) >= 11 is 0. The van der Waals surface area contributed by atoms with E-state index in [1.165, 1.54) is 17.7 Å². The number of hydrogen-bond acceptors (Lipinski definition) is 1. The van der Waals surface area contributed by atoms with E-state index in [0.29, 0.717) is 0 Å². The molecule has 1 nitrogen and oxygen atoms in total. The Labute approximate surface area is 107 Å². The second-order valence-electron chi connectivity index (χ2n) is 4.57. The highest BCUT2D eigenvalue weighted by Gasteiger charge is 2.11. The van der Waals surface area contributed by atoms with Gasteiger partial charge < -0.3 is 5.73 Å². The van der Waals surface area contributed by atoms with Gasteiger partial charge in [0.1, 0.15) is 5.82 Å². The number of rotatable bonds is 3. The number of hydrogen-bond donors (Lipinski definition) is 1. The van der Waals surface area contributed by atoms with Gasteiger partial charge in [-0.15, -0.1) is 0 Å². The van der Waals surface area contributed by atoms with Crippen LogP contribution in [-0.2, 0) is 6.42 Å².